The number of ether oxygens (including phenoxy) is 2. The Labute approximate surface area is 105 Å². The quantitative estimate of drug-likeness (QED) is 0.636. The fraction of sp³-hybridized carbons (Fsp3) is 0.222. The summed E-state index contributed by atoms with van der Waals surface area (Å²) in [5.41, 5.74) is 5.43. The predicted octanol–water partition coefficient (Wildman–Crippen LogP) is 0.842. The third-order valence-corrected chi connectivity index (χ3v) is 2.65. The van der Waals surface area contributed by atoms with Crippen molar-refractivity contribution in [3.63, 3.8) is 0 Å². The van der Waals surface area contributed by atoms with Crippen LogP contribution < -0.4 is 5.73 Å². The molecule has 6 nitrogen and oxygen atoms in total. The zero-order chi connectivity index (χ0) is 12.3. The van der Waals surface area contributed by atoms with Gasteiger partial charge in [0.1, 0.15) is 5.82 Å². The number of aromatic nitrogens is 1. The van der Waals surface area contributed by atoms with Crippen LogP contribution in [0.25, 0.3) is 0 Å². The summed E-state index contributed by atoms with van der Waals surface area (Å²) in [4.78, 5) is 26.6. The first-order valence-corrected chi connectivity index (χ1v) is 5.21. The van der Waals surface area contributed by atoms with Gasteiger partial charge in [-0.15, -0.1) is 0 Å². The van der Waals surface area contributed by atoms with Gasteiger partial charge in [0, 0.05) is 0 Å². The van der Waals surface area contributed by atoms with E-state index >= 15 is 0 Å². The van der Waals surface area contributed by atoms with E-state index in [4.69, 9.17) is 5.73 Å². The van der Waals surface area contributed by atoms with Crippen molar-refractivity contribution in [3.8, 4) is 0 Å². The van der Waals surface area contributed by atoms with Crippen LogP contribution in [0.2, 0.25) is 0 Å². The van der Waals surface area contributed by atoms with Gasteiger partial charge in [0.15, 0.2) is 5.69 Å². The van der Waals surface area contributed by atoms with Gasteiger partial charge in [-0.25, -0.2) is 14.6 Å². The van der Waals surface area contributed by atoms with Crippen LogP contribution in [0.3, 0.4) is 0 Å². The topological polar surface area (TPSA) is 91.5 Å². The molecule has 0 aliphatic carbocycles. The van der Waals surface area contributed by atoms with Crippen LogP contribution in [0.5, 0.6) is 0 Å². The Hall–Kier alpha value is -1.38. The molecule has 0 bridgehead atoms. The highest BCUT2D eigenvalue weighted by Crippen LogP contribution is 2.18. The second-order valence-corrected chi connectivity index (χ2v) is 3.90. The van der Waals surface area contributed by atoms with E-state index in [-0.39, 0.29) is 17.1 Å². The fourth-order valence-electron chi connectivity index (χ4n) is 1.02. The van der Waals surface area contributed by atoms with Crippen LogP contribution in [0, 0.1) is 3.57 Å². The minimum atomic E-state index is -0.733. The van der Waals surface area contributed by atoms with Gasteiger partial charge in [-0.05, 0) is 28.7 Å². The lowest BCUT2D eigenvalue weighted by Gasteiger charge is -2.07. The Morgan fingerprint density at radius 3 is 2.38 bits per heavy atom. The Morgan fingerprint density at radius 1 is 1.31 bits per heavy atom. The van der Waals surface area contributed by atoms with Crippen LogP contribution in [-0.2, 0) is 9.47 Å². The summed E-state index contributed by atoms with van der Waals surface area (Å²) >= 11 is 1.90. The molecule has 1 heterocycles. The van der Waals surface area contributed by atoms with Crippen molar-refractivity contribution in [2.24, 2.45) is 0 Å². The molecule has 0 atom stereocenters. The van der Waals surface area contributed by atoms with Crippen molar-refractivity contribution in [2.75, 3.05) is 20.0 Å². The first-order valence-electron chi connectivity index (χ1n) is 4.14. The summed E-state index contributed by atoms with van der Waals surface area (Å²) in [6.07, 6.45) is 0. The van der Waals surface area contributed by atoms with Gasteiger partial charge in [0.25, 0.3) is 0 Å². The van der Waals surface area contributed by atoms with Crippen molar-refractivity contribution in [1.29, 1.82) is 0 Å². The number of pyridine rings is 1. The number of rotatable bonds is 2. The van der Waals surface area contributed by atoms with Crippen LogP contribution >= 0.6 is 22.6 Å². The van der Waals surface area contributed by atoms with Gasteiger partial charge in [-0.3, -0.25) is 0 Å². The number of carbonyl (C=O) groups excluding carboxylic acids is 2. The normalized spacial score (nSPS) is 9.69. The van der Waals surface area contributed by atoms with E-state index in [9.17, 15) is 9.59 Å². The third kappa shape index (κ3) is 2.40. The molecule has 16 heavy (non-hydrogen) atoms. The molecule has 2 N–H and O–H groups in total. The molecular weight excluding hydrogens is 327 g/mol. The van der Waals surface area contributed by atoms with Crippen molar-refractivity contribution in [2.45, 2.75) is 0 Å². The minimum absolute atomic E-state index is 0.0351. The maximum absolute atomic E-state index is 11.4. The van der Waals surface area contributed by atoms with Gasteiger partial charge < -0.3 is 15.2 Å². The predicted molar refractivity (Wildman–Crippen MR) is 64.0 cm³/mol. The number of anilines is 1. The summed E-state index contributed by atoms with van der Waals surface area (Å²) in [7, 11) is 2.41. The summed E-state index contributed by atoms with van der Waals surface area (Å²) in [5, 5.41) is 0. The van der Waals surface area contributed by atoms with E-state index in [0.717, 1.165) is 0 Å². The Kier molecular flexibility index (Phi) is 4.05. The van der Waals surface area contributed by atoms with Gasteiger partial charge in [-0.1, -0.05) is 0 Å². The van der Waals surface area contributed by atoms with Gasteiger partial charge in [0.2, 0.25) is 0 Å². The van der Waals surface area contributed by atoms with Crippen LogP contribution in [0.15, 0.2) is 6.07 Å². The second-order valence-electron chi connectivity index (χ2n) is 2.73. The fourth-order valence-corrected chi connectivity index (χ4v) is 1.45. The molecule has 7 heteroatoms. The molecule has 0 amide bonds. The number of methoxy groups -OCH3 is 2. The highest BCUT2D eigenvalue weighted by atomic mass is 127. The monoisotopic (exact) mass is 336 g/mol. The number of nitrogen functional groups attached to an aromatic ring is 1. The summed E-state index contributed by atoms with van der Waals surface area (Å²) in [6, 6.07) is 1.43. The van der Waals surface area contributed by atoms with Gasteiger partial charge >= 0.3 is 11.9 Å². The van der Waals surface area contributed by atoms with E-state index in [1.807, 2.05) is 22.6 Å². The lowest BCUT2D eigenvalue weighted by molar-refractivity contribution is 0.0550. The molecule has 0 fully saturated rings. The van der Waals surface area contributed by atoms with Crippen LogP contribution in [-0.4, -0.2) is 31.1 Å². The lowest BCUT2D eigenvalue weighted by atomic mass is 10.2. The maximum atomic E-state index is 11.4. The van der Waals surface area contributed by atoms with E-state index in [0.29, 0.717) is 3.57 Å². The Morgan fingerprint density at radius 2 is 1.88 bits per heavy atom. The highest BCUT2D eigenvalue weighted by molar-refractivity contribution is 14.1. The molecule has 0 spiro atoms. The number of halogens is 1. The molecule has 0 aliphatic rings. The standard InChI is InChI=1S/C9H9IN2O4/c1-15-8(13)4-3-5(10)7(11)12-6(4)9(14)16-2/h3H,1-2H3,(H2,11,12). The first-order chi connectivity index (χ1) is 7.51. The van der Waals surface area contributed by atoms with Crippen molar-refractivity contribution in [3.05, 3.63) is 20.9 Å². The molecular formula is C9H9IN2O4. The number of carbonyl (C=O) groups is 2. The van der Waals surface area contributed by atoms with E-state index < -0.39 is 11.9 Å². The second kappa shape index (κ2) is 5.10. The summed E-state index contributed by atoms with van der Waals surface area (Å²) in [5.74, 6) is -1.23. The molecule has 0 unspecified atom stereocenters. The molecule has 0 saturated heterocycles. The van der Waals surface area contributed by atoms with Gasteiger partial charge in [0.05, 0.1) is 23.4 Å². The van der Waals surface area contributed by atoms with E-state index in [2.05, 4.69) is 14.5 Å². The average Bonchev–Trinajstić information content (AvgIpc) is 2.30. The smallest absolute Gasteiger partial charge is 0.357 e. The van der Waals surface area contributed by atoms with Gasteiger partial charge in [-0.2, -0.15) is 0 Å². The third-order valence-electron chi connectivity index (χ3n) is 1.79. The summed E-state index contributed by atoms with van der Waals surface area (Å²) in [6.45, 7) is 0. The highest BCUT2D eigenvalue weighted by Gasteiger charge is 2.21. The zero-order valence-electron chi connectivity index (χ0n) is 8.61. The molecule has 0 aromatic carbocycles. The zero-order valence-corrected chi connectivity index (χ0v) is 10.8. The minimum Gasteiger partial charge on any atom is -0.465 e. The Bertz CT molecular complexity index is 406. The van der Waals surface area contributed by atoms with Crippen LogP contribution in [0.4, 0.5) is 5.82 Å². The van der Waals surface area contributed by atoms with E-state index in [1.54, 1.807) is 0 Å². The Balaban J connectivity index is 3.38. The lowest BCUT2D eigenvalue weighted by Crippen LogP contribution is -2.15. The number of nitrogens with two attached hydrogens (primary N) is 1. The molecule has 0 aliphatic heterocycles. The number of hydrogen-bond donors (Lipinski definition) is 1. The number of esters is 2. The van der Waals surface area contributed by atoms with Crippen molar-refractivity contribution >= 4 is 40.3 Å². The number of nitrogens with zero attached hydrogens (tertiary/aromatic N) is 1. The SMILES string of the molecule is COC(=O)c1cc(I)c(N)nc1C(=O)OC. The molecule has 1 aromatic rings. The van der Waals surface area contributed by atoms with Crippen molar-refractivity contribution in [1.82, 2.24) is 4.98 Å². The number of hydrogen-bond acceptors (Lipinski definition) is 6. The van der Waals surface area contributed by atoms with Crippen LogP contribution in [0.1, 0.15) is 20.8 Å². The van der Waals surface area contributed by atoms with Crippen molar-refractivity contribution < 1.29 is 19.1 Å². The molecule has 1 rings (SSSR count). The molecule has 86 valence electrons. The average molecular weight is 336 g/mol. The largest absolute Gasteiger partial charge is 0.465 e. The van der Waals surface area contributed by atoms with E-state index in [1.165, 1.54) is 20.3 Å². The first kappa shape index (κ1) is 12.7. The molecule has 0 saturated carbocycles. The molecule has 0 radical (unpaired) electrons. The summed E-state index contributed by atoms with van der Waals surface area (Å²) < 4.78 is 9.60. The molecule has 1 aromatic heterocycles. The maximum Gasteiger partial charge on any atom is 0.357 e.